The molecule has 5 rings (SSSR count). The minimum atomic E-state index is -0.915. The number of rotatable bonds is 4. The van der Waals surface area contributed by atoms with Gasteiger partial charge in [-0.05, 0) is 56.5 Å². The topological polar surface area (TPSA) is 93.3 Å². The van der Waals surface area contributed by atoms with Crippen molar-refractivity contribution in [3.63, 3.8) is 0 Å². The van der Waals surface area contributed by atoms with E-state index >= 15 is 0 Å². The van der Waals surface area contributed by atoms with Crippen molar-refractivity contribution in [2.75, 3.05) is 57.8 Å². The van der Waals surface area contributed by atoms with E-state index in [2.05, 4.69) is 15.1 Å². The van der Waals surface area contributed by atoms with E-state index in [4.69, 9.17) is 0 Å². The number of nitrogens with one attached hydrogen (secondary N) is 1. The van der Waals surface area contributed by atoms with Crippen LogP contribution in [0.1, 0.15) is 46.4 Å². The predicted octanol–water partition coefficient (Wildman–Crippen LogP) is 0.552. The van der Waals surface area contributed by atoms with Crippen LogP contribution in [-0.4, -0.2) is 97.2 Å². The van der Waals surface area contributed by atoms with E-state index in [1.165, 1.54) is 19.9 Å². The molecule has 1 aromatic carbocycles. The number of hydrogen-bond acceptors (Lipinski definition) is 7. The number of likely N-dealkylation sites (N-methyl/N-ethyl adjacent to an activating group) is 1. The van der Waals surface area contributed by atoms with Crippen LogP contribution >= 0.6 is 0 Å². The molecule has 3 saturated heterocycles. The maximum atomic E-state index is 13.2. The first-order valence-corrected chi connectivity index (χ1v) is 11.9. The van der Waals surface area contributed by atoms with Crippen molar-refractivity contribution in [3.05, 3.63) is 29.3 Å². The molecule has 4 amide bonds. The highest BCUT2D eigenvalue weighted by Crippen LogP contribution is 2.32. The molecule has 0 spiro atoms. The van der Waals surface area contributed by atoms with Gasteiger partial charge in [-0.2, -0.15) is 0 Å². The largest absolute Gasteiger partial charge is 0.369 e. The lowest BCUT2D eigenvalue weighted by Crippen LogP contribution is -2.54. The second-order valence-corrected chi connectivity index (χ2v) is 9.54. The Labute approximate surface area is 193 Å². The number of amides is 4. The van der Waals surface area contributed by atoms with Crippen LogP contribution in [0, 0.1) is 5.92 Å². The molecule has 1 N–H and O–H groups in total. The second kappa shape index (κ2) is 8.87. The third-order valence-electron chi connectivity index (χ3n) is 7.55. The molecular formula is C24H31N5O4. The standard InChI is InChI=1S/C24H31N5O4/c1-26-21(30)5-4-20(24(26)33)29-22(31)18-3-2-17(14-19(18)23(29)32)28-12-10-27(11-13-28)15-16-6-8-25-9-7-16/h2-3,14,16,20,25H,4-13,15H2,1H3. The van der Waals surface area contributed by atoms with E-state index in [0.29, 0.717) is 11.1 Å². The van der Waals surface area contributed by atoms with Crippen molar-refractivity contribution in [2.24, 2.45) is 5.92 Å². The Kier molecular flexibility index (Phi) is 5.92. The zero-order chi connectivity index (χ0) is 23.1. The molecule has 9 heteroatoms. The lowest BCUT2D eigenvalue weighted by Gasteiger charge is -2.38. The van der Waals surface area contributed by atoms with Crippen molar-refractivity contribution < 1.29 is 19.2 Å². The molecule has 0 radical (unpaired) electrons. The Balaban J connectivity index is 1.26. The van der Waals surface area contributed by atoms with Gasteiger partial charge < -0.3 is 10.2 Å². The van der Waals surface area contributed by atoms with Crippen LogP contribution in [0.5, 0.6) is 0 Å². The van der Waals surface area contributed by atoms with Gasteiger partial charge in [0, 0.05) is 51.9 Å². The van der Waals surface area contributed by atoms with Gasteiger partial charge in [-0.3, -0.25) is 33.9 Å². The first kappa shape index (κ1) is 22.0. The van der Waals surface area contributed by atoms with E-state index in [0.717, 1.165) is 67.2 Å². The minimum Gasteiger partial charge on any atom is -0.369 e. The summed E-state index contributed by atoms with van der Waals surface area (Å²) in [5.41, 5.74) is 1.61. The number of carbonyl (C=O) groups is 4. The van der Waals surface area contributed by atoms with Crippen LogP contribution in [0.3, 0.4) is 0 Å². The SMILES string of the molecule is CN1C(=O)CCC(N2C(=O)c3ccc(N4CCN(CC5CCNCC5)CC4)cc3C2=O)C1=O. The quantitative estimate of drug-likeness (QED) is 0.666. The maximum Gasteiger partial charge on any atom is 0.262 e. The molecule has 0 saturated carbocycles. The maximum absolute atomic E-state index is 13.2. The Morgan fingerprint density at radius 1 is 0.909 bits per heavy atom. The van der Waals surface area contributed by atoms with Crippen molar-refractivity contribution >= 4 is 29.3 Å². The molecule has 4 heterocycles. The second-order valence-electron chi connectivity index (χ2n) is 9.54. The Morgan fingerprint density at radius 2 is 1.61 bits per heavy atom. The normalized spacial score (nSPS) is 25.2. The minimum absolute atomic E-state index is 0.146. The summed E-state index contributed by atoms with van der Waals surface area (Å²) >= 11 is 0. The predicted molar refractivity (Wildman–Crippen MR) is 122 cm³/mol. The van der Waals surface area contributed by atoms with Gasteiger partial charge in [0.2, 0.25) is 5.91 Å². The molecule has 1 unspecified atom stereocenters. The average Bonchev–Trinajstić information content (AvgIpc) is 3.08. The van der Waals surface area contributed by atoms with E-state index in [-0.39, 0.29) is 18.7 Å². The third kappa shape index (κ3) is 4.04. The lowest BCUT2D eigenvalue weighted by atomic mass is 9.97. The number of piperazine rings is 1. The summed E-state index contributed by atoms with van der Waals surface area (Å²) in [4.78, 5) is 57.4. The van der Waals surface area contributed by atoms with Gasteiger partial charge in [-0.25, -0.2) is 0 Å². The average molecular weight is 454 g/mol. The van der Waals surface area contributed by atoms with Gasteiger partial charge in [0.05, 0.1) is 11.1 Å². The van der Waals surface area contributed by atoms with Gasteiger partial charge in [0.25, 0.3) is 17.7 Å². The van der Waals surface area contributed by atoms with Gasteiger partial charge in [-0.1, -0.05) is 0 Å². The molecule has 33 heavy (non-hydrogen) atoms. The van der Waals surface area contributed by atoms with Crippen molar-refractivity contribution in [1.82, 2.24) is 20.0 Å². The zero-order valence-corrected chi connectivity index (χ0v) is 19.1. The molecule has 4 aliphatic rings. The van der Waals surface area contributed by atoms with Gasteiger partial charge in [0.1, 0.15) is 6.04 Å². The summed E-state index contributed by atoms with van der Waals surface area (Å²) in [6, 6.07) is 4.48. The summed E-state index contributed by atoms with van der Waals surface area (Å²) in [5.74, 6) is -0.901. The molecule has 176 valence electrons. The Bertz CT molecular complexity index is 981. The Hall–Kier alpha value is -2.78. The summed E-state index contributed by atoms with van der Waals surface area (Å²) in [6.45, 7) is 7.10. The first-order valence-electron chi connectivity index (χ1n) is 11.9. The van der Waals surface area contributed by atoms with E-state index < -0.39 is 23.8 Å². The molecular weight excluding hydrogens is 422 g/mol. The van der Waals surface area contributed by atoms with Crippen molar-refractivity contribution in [3.8, 4) is 0 Å². The number of fused-ring (bicyclic) bond motifs is 1. The number of likely N-dealkylation sites (tertiary alicyclic amines) is 1. The molecule has 0 bridgehead atoms. The molecule has 4 aliphatic heterocycles. The fourth-order valence-corrected chi connectivity index (χ4v) is 5.48. The van der Waals surface area contributed by atoms with Crippen LogP contribution < -0.4 is 10.2 Å². The summed E-state index contributed by atoms with van der Waals surface area (Å²) < 4.78 is 0. The highest BCUT2D eigenvalue weighted by Gasteiger charge is 2.46. The van der Waals surface area contributed by atoms with Crippen LogP contribution in [-0.2, 0) is 9.59 Å². The first-order chi connectivity index (χ1) is 15.9. The van der Waals surface area contributed by atoms with Crippen molar-refractivity contribution in [1.29, 1.82) is 0 Å². The smallest absolute Gasteiger partial charge is 0.262 e. The van der Waals surface area contributed by atoms with E-state index in [1.807, 2.05) is 6.07 Å². The number of nitrogens with zero attached hydrogens (tertiary/aromatic N) is 4. The van der Waals surface area contributed by atoms with Gasteiger partial charge >= 0.3 is 0 Å². The van der Waals surface area contributed by atoms with Crippen LogP contribution in [0.4, 0.5) is 5.69 Å². The van der Waals surface area contributed by atoms with E-state index in [1.54, 1.807) is 12.1 Å². The van der Waals surface area contributed by atoms with E-state index in [9.17, 15) is 19.2 Å². The van der Waals surface area contributed by atoms with Gasteiger partial charge in [-0.15, -0.1) is 0 Å². The highest BCUT2D eigenvalue weighted by atomic mass is 16.2. The number of anilines is 1. The Morgan fingerprint density at radius 3 is 2.33 bits per heavy atom. The van der Waals surface area contributed by atoms with Crippen molar-refractivity contribution in [2.45, 2.75) is 31.7 Å². The number of benzene rings is 1. The van der Waals surface area contributed by atoms with Crippen LogP contribution in [0.25, 0.3) is 0 Å². The highest BCUT2D eigenvalue weighted by molar-refractivity contribution is 6.23. The number of imide groups is 2. The zero-order valence-electron chi connectivity index (χ0n) is 19.1. The molecule has 9 nitrogen and oxygen atoms in total. The fraction of sp³-hybridized carbons (Fsp3) is 0.583. The number of carbonyl (C=O) groups excluding carboxylic acids is 4. The molecule has 0 aliphatic carbocycles. The third-order valence-corrected chi connectivity index (χ3v) is 7.55. The number of hydrogen-bond donors (Lipinski definition) is 1. The molecule has 1 atom stereocenters. The summed E-state index contributed by atoms with van der Waals surface area (Å²) in [5, 5.41) is 3.42. The molecule has 1 aromatic rings. The molecule has 3 fully saturated rings. The summed E-state index contributed by atoms with van der Waals surface area (Å²) in [7, 11) is 1.40. The van der Waals surface area contributed by atoms with Gasteiger partial charge in [0.15, 0.2) is 0 Å². The molecule has 0 aromatic heterocycles. The lowest BCUT2D eigenvalue weighted by molar-refractivity contribution is -0.149. The monoisotopic (exact) mass is 453 g/mol. The van der Waals surface area contributed by atoms with Crippen LogP contribution in [0.2, 0.25) is 0 Å². The van der Waals surface area contributed by atoms with Crippen LogP contribution in [0.15, 0.2) is 18.2 Å². The number of piperidine rings is 2. The summed E-state index contributed by atoms with van der Waals surface area (Å²) in [6.07, 6.45) is 2.81. The fourth-order valence-electron chi connectivity index (χ4n) is 5.48.